The number of hydrogen-bond donors (Lipinski definition) is 2. The summed E-state index contributed by atoms with van der Waals surface area (Å²) < 4.78 is 89.2. The van der Waals surface area contributed by atoms with Gasteiger partial charge < -0.3 is 10.0 Å². The van der Waals surface area contributed by atoms with Gasteiger partial charge in [-0.2, -0.15) is 26.3 Å². The van der Waals surface area contributed by atoms with Crippen molar-refractivity contribution in [1.82, 2.24) is 10.2 Å². The molecule has 1 fully saturated rings. The van der Waals surface area contributed by atoms with E-state index < -0.39 is 58.9 Å². The maximum absolute atomic E-state index is 15.2. The number of nitrogens with one attached hydrogen (secondary N) is 1. The number of aryl methyl sites for hydroxylation is 1. The van der Waals surface area contributed by atoms with E-state index in [-0.39, 0.29) is 29.0 Å². The predicted molar refractivity (Wildman–Crippen MR) is 136 cm³/mol. The van der Waals surface area contributed by atoms with Gasteiger partial charge in [0.1, 0.15) is 11.6 Å². The summed E-state index contributed by atoms with van der Waals surface area (Å²) in [6.07, 6.45) is -9.60. The van der Waals surface area contributed by atoms with Crippen molar-refractivity contribution in [2.45, 2.75) is 55.7 Å². The van der Waals surface area contributed by atoms with Crippen LogP contribution in [0, 0.1) is 6.92 Å². The lowest BCUT2D eigenvalue weighted by atomic mass is 9.75. The van der Waals surface area contributed by atoms with E-state index in [1.807, 2.05) is 0 Å². The monoisotopic (exact) mass is 586 g/mol. The van der Waals surface area contributed by atoms with Gasteiger partial charge in [-0.1, -0.05) is 66.2 Å². The lowest BCUT2D eigenvalue weighted by Crippen LogP contribution is -2.64. The molecular formula is C28H25ClF6N2O3. The van der Waals surface area contributed by atoms with E-state index in [9.17, 15) is 27.9 Å². The van der Waals surface area contributed by atoms with Crippen LogP contribution in [0.1, 0.15) is 42.0 Å². The summed E-state index contributed by atoms with van der Waals surface area (Å²) in [6.45, 7) is 1.42. The number of benzene rings is 2. The molecule has 0 heterocycles. The summed E-state index contributed by atoms with van der Waals surface area (Å²) in [4.78, 5) is 26.1. The minimum Gasteiger partial charge on any atom is -0.479 e. The third kappa shape index (κ3) is 5.24. The number of carboxylic acids is 1. The number of amides is 1. The van der Waals surface area contributed by atoms with E-state index in [4.69, 9.17) is 11.6 Å². The number of carbonyl (C=O) groups excluding carboxylic acids is 1. The zero-order valence-electron chi connectivity index (χ0n) is 21.3. The number of halogens is 7. The second-order valence-corrected chi connectivity index (χ2v) is 10.5. The molecule has 2 atom stereocenters. The van der Waals surface area contributed by atoms with Crippen LogP contribution in [0.5, 0.6) is 0 Å². The van der Waals surface area contributed by atoms with Gasteiger partial charge in [0.05, 0.1) is 0 Å². The van der Waals surface area contributed by atoms with Gasteiger partial charge in [-0.3, -0.25) is 10.1 Å². The molecule has 1 amide bonds. The highest BCUT2D eigenvalue weighted by atomic mass is 35.5. The van der Waals surface area contributed by atoms with Crippen molar-refractivity contribution in [3.63, 3.8) is 0 Å². The quantitative estimate of drug-likeness (QED) is 0.357. The number of rotatable bonds is 7. The first-order valence-electron chi connectivity index (χ1n) is 12.2. The van der Waals surface area contributed by atoms with Gasteiger partial charge in [0.15, 0.2) is 5.54 Å². The normalized spacial score (nSPS) is 21.2. The molecule has 2 aliphatic rings. The highest BCUT2D eigenvalue weighted by Gasteiger charge is 2.65. The molecule has 2 aliphatic carbocycles. The van der Waals surface area contributed by atoms with E-state index >= 15 is 13.2 Å². The topological polar surface area (TPSA) is 69.6 Å². The van der Waals surface area contributed by atoms with E-state index in [2.05, 4.69) is 0 Å². The van der Waals surface area contributed by atoms with Crippen LogP contribution in [0.25, 0.3) is 5.57 Å². The van der Waals surface area contributed by atoms with Crippen molar-refractivity contribution in [1.29, 1.82) is 0 Å². The molecule has 0 radical (unpaired) electrons. The molecule has 2 aromatic rings. The molecule has 214 valence electrons. The molecule has 12 heteroatoms. The Bertz CT molecular complexity index is 1380. The van der Waals surface area contributed by atoms with Crippen molar-refractivity contribution >= 4 is 29.1 Å². The molecule has 2 unspecified atom stereocenters. The number of likely N-dealkylation sites (N-methyl/N-ethyl adjacent to an activating group) is 1. The molecule has 4 rings (SSSR count). The van der Waals surface area contributed by atoms with Crippen LogP contribution >= 0.6 is 11.6 Å². The fourth-order valence-corrected chi connectivity index (χ4v) is 5.09. The number of carbonyl (C=O) groups is 2. The Hall–Kier alpha value is -3.31. The second kappa shape index (κ2) is 10.3. The molecule has 5 nitrogen and oxygen atoms in total. The summed E-state index contributed by atoms with van der Waals surface area (Å²) in [7, 11) is 1.05. The van der Waals surface area contributed by atoms with Crippen LogP contribution in [-0.4, -0.2) is 52.4 Å². The molecule has 1 saturated carbocycles. The molecule has 2 aromatic carbocycles. The van der Waals surface area contributed by atoms with Gasteiger partial charge in [-0.15, -0.1) is 0 Å². The highest BCUT2D eigenvalue weighted by Crippen LogP contribution is 2.50. The van der Waals surface area contributed by atoms with Crippen molar-refractivity contribution in [2.75, 3.05) is 7.05 Å². The van der Waals surface area contributed by atoms with Crippen LogP contribution in [0.4, 0.5) is 26.3 Å². The fourth-order valence-electron chi connectivity index (χ4n) is 4.97. The highest BCUT2D eigenvalue weighted by molar-refractivity contribution is 6.31. The number of nitrogens with zero attached hydrogens (tertiary/aromatic N) is 1. The van der Waals surface area contributed by atoms with Crippen molar-refractivity contribution < 1.29 is 41.0 Å². The Morgan fingerprint density at radius 2 is 1.65 bits per heavy atom. The van der Waals surface area contributed by atoms with Crippen molar-refractivity contribution in [3.8, 4) is 0 Å². The average Bonchev–Trinajstić information content (AvgIpc) is 3.70. The average molecular weight is 587 g/mol. The van der Waals surface area contributed by atoms with E-state index in [0.717, 1.165) is 31.3 Å². The summed E-state index contributed by atoms with van der Waals surface area (Å²) in [5, 5.41) is 11.6. The third-order valence-corrected chi connectivity index (χ3v) is 7.95. The second-order valence-electron chi connectivity index (χ2n) is 10.0. The first-order chi connectivity index (χ1) is 18.5. The Kier molecular flexibility index (Phi) is 7.61. The first kappa shape index (κ1) is 29.7. The van der Waals surface area contributed by atoms with Crippen molar-refractivity contribution in [3.05, 3.63) is 88.0 Å². The molecule has 0 spiro atoms. The molecule has 0 aromatic heterocycles. The largest absolute Gasteiger partial charge is 0.479 e. The minimum atomic E-state index is -5.42. The lowest BCUT2D eigenvalue weighted by molar-refractivity contribution is -0.210. The van der Waals surface area contributed by atoms with Gasteiger partial charge in [0.2, 0.25) is 0 Å². The van der Waals surface area contributed by atoms with E-state index in [1.54, 1.807) is 23.5 Å². The number of carboxylic acid groups (broad SMARTS) is 1. The molecule has 40 heavy (non-hydrogen) atoms. The molecule has 0 saturated heterocycles. The van der Waals surface area contributed by atoms with Gasteiger partial charge in [0.25, 0.3) is 5.91 Å². The molecule has 0 bridgehead atoms. The summed E-state index contributed by atoms with van der Waals surface area (Å²) in [5.74, 6) is -2.74. The maximum atomic E-state index is 15.2. The van der Waals surface area contributed by atoms with Crippen LogP contribution < -0.4 is 5.32 Å². The Labute approximate surface area is 231 Å². The van der Waals surface area contributed by atoms with E-state index in [1.165, 1.54) is 25.1 Å². The fraction of sp³-hybridized carbons (Fsp3) is 0.357. The molecule has 2 N–H and O–H groups in total. The lowest BCUT2D eigenvalue weighted by Gasteiger charge is -2.44. The van der Waals surface area contributed by atoms with Crippen LogP contribution in [0.3, 0.4) is 0 Å². The number of allylic oxidation sites excluding steroid dienone is 2. The summed E-state index contributed by atoms with van der Waals surface area (Å²) in [6, 6.07) is 8.09. The number of aliphatic carboxylic acids is 1. The first-order valence-corrected chi connectivity index (χ1v) is 12.6. The zero-order valence-corrected chi connectivity index (χ0v) is 22.1. The van der Waals surface area contributed by atoms with Crippen LogP contribution in [0.15, 0.2) is 66.3 Å². The molecule has 0 aliphatic heterocycles. The van der Waals surface area contributed by atoms with Gasteiger partial charge in [0, 0.05) is 24.1 Å². The number of hydrogen-bond acceptors (Lipinski definition) is 3. The zero-order chi connectivity index (χ0) is 29.7. The summed E-state index contributed by atoms with van der Waals surface area (Å²) >= 11 is 5.96. The molecular weight excluding hydrogens is 562 g/mol. The smallest absolute Gasteiger partial charge is 0.411 e. The minimum absolute atomic E-state index is 0.00460. The van der Waals surface area contributed by atoms with Gasteiger partial charge in [-0.05, 0) is 48.1 Å². The van der Waals surface area contributed by atoms with Crippen LogP contribution in [0.2, 0.25) is 5.02 Å². The Morgan fingerprint density at radius 3 is 2.15 bits per heavy atom. The third-order valence-electron chi connectivity index (χ3n) is 7.53. The van der Waals surface area contributed by atoms with Gasteiger partial charge in [-0.25, -0.2) is 4.79 Å². The predicted octanol–water partition coefficient (Wildman–Crippen LogP) is 6.63. The Balaban J connectivity index is 1.91. The standard InChI is InChI=1S/C28H25ClF6N2O3/c1-16-14-18(9-11-21(16)29)22(27(30,31)32)36-26(28(33,34)35)15-19(17-6-4-3-5-7-17)8-10-20(26)23(38)37(2)25(12-13-25)24(39)40/h3-11,14,22,36H,12-13,15H2,1-2H3,(H,39,40). The van der Waals surface area contributed by atoms with Crippen molar-refractivity contribution in [2.24, 2.45) is 0 Å². The van der Waals surface area contributed by atoms with Crippen LogP contribution in [-0.2, 0) is 9.59 Å². The Morgan fingerprint density at radius 1 is 1.02 bits per heavy atom. The summed E-state index contributed by atoms with van der Waals surface area (Å²) in [5.41, 5.74) is -6.24. The maximum Gasteiger partial charge on any atom is 0.411 e. The number of alkyl halides is 6. The van der Waals surface area contributed by atoms with E-state index in [0.29, 0.717) is 10.5 Å². The van der Waals surface area contributed by atoms with Gasteiger partial charge >= 0.3 is 18.3 Å². The SMILES string of the molecule is Cc1cc(C(NC2(C(F)(F)F)CC(c3ccccc3)=CC=C2C(=O)N(C)C2(C(=O)O)CC2)C(F)(F)F)ccc1Cl.